The Labute approximate surface area is 77.8 Å². The van der Waals surface area contributed by atoms with Gasteiger partial charge in [0.2, 0.25) is 0 Å². The van der Waals surface area contributed by atoms with Crippen molar-refractivity contribution in [3.05, 3.63) is 0 Å². The Hall–Kier alpha value is -0.570. The second-order valence-corrected chi connectivity index (χ2v) is 5.11. The predicted octanol–water partition coefficient (Wildman–Crippen LogP) is -0.0765. The molecule has 2 rings (SSSR count). The van der Waals surface area contributed by atoms with E-state index in [2.05, 4.69) is 0 Å². The number of carbonyl (C=O) groups excluding carboxylic acids is 1. The van der Waals surface area contributed by atoms with Crippen LogP contribution in [0.3, 0.4) is 0 Å². The van der Waals surface area contributed by atoms with Crippen molar-refractivity contribution in [1.29, 1.82) is 0 Å². The molecule has 0 aromatic heterocycles. The molecule has 3 unspecified atom stereocenters. The van der Waals surface area contributed by atoms with Crippen LogP contribution in [-0.4, -0.2) is 17.2 Å². The average Bonchev–Trinajstić information content (AvgIpc) is 2.53. The Kier molecular flexibility index (Phi) is 1.57. The molecule has 0 spiro atoms. The molecule has 0 amide bonds. The Morgan fingerprint density at radius 2 is 2.15 bits per heavy atom. The number of aliphatic carboxylic acids is 1. The van der Waals surface area contributed by atoms with Crippen LogP contribution in [0, 0.1) is 16.7 Å². The molecule has 0 aliphatic heterocycles. The van der Waals surface area contributed by atoms with Crippen LogP contribution >= 0.6 is 0 Å². The van der Waals surface area contributed by atoms with Crippen molar-refractivity contribution >= 4 is 5.97 Å². The number of rotatable bonds is 1. The second kappa shape index (κ2) is 2.27. The third-order valence-electron chi connectivity index (χ3n) is 4.24. The molecule has 3 heteroatoms. The van der Waals surface area contributed by atoms with Gasteiger partial charge in [-0.1, -0.05) is 13.8 Å². The third kappa shape index (κ3) is 0.857. The maximum absolute atomic E-state index is 11.0. The van der Waals surface area contributed by atoms with E-state index in [-0.39, 0.29) is 5.41 Å². The lowest BCUT2D eigenvalue weighted by Gasteiger charge is -2.41. The first kappa shape index (κ1) is 9.00. The van der Waals surface area contributed by atoms with E-state index in [1.54, 1.807) is 0 Å². The highest BCUT2D eigenvalue weighted by molar-refractivity contribution is 5.75. The molecule has 0 heterocycles. The molecule has 2 aliphatic carbocycles. The van der Waals surface area contributed by atoms with Crippen LogP contribution in [-0.2, 0) is 4.79 Å². The highest BCUT2D eigenvalue weighted by Crippen LogP contribution is 2.62. The minimum atomic E-state index is -1.06. The van der Waals surface area contributed by atoms with E-state index in [0.29, 0.717) is 18.8 Å². The van der Waals surface area contributed by atoms with Gasteiger partial charge in [0.25, 0.3) is 0 Å². The van der Waals surface area contributed by atoms with E-state index in [4.69, 9.17) is 0 Å². The minimum absolute atomic E-state index is 0.252. The number of hydrogen-bond acceptors (Lipinski definition) is 3. The zero-order valence-corrected chi connectivity index (χ0v) is 8.04. The predicted molar refractivity (Wildman–Crippen MR) is 44.6 cm³/mol. The van der Waals surface area contributed by atoms with Gasteiger partial charge in [-0.3, -0.25) is 0 Å². The summed E-state index contributed by atoms with van der Waals surface area (Å²) in [7, 11) is 0. The molecule has 0 radical (unpaired) electrons. The van der Waals surface area contributed by atoms with Crippen LogP contribution in [0.1, 0.15) is 33.1 Å². The van der Waals surface area contributed by atoms with Gasteiger partial charge in [-0.05, 0) is 30.6 Å². The van der Waals surface area contributed by atoms with Crippen LogP contribution in [0.2, 0.25) is 0 Å². The van der Waals surface area contributed by atoms with Gasteiger partial charge in [0, 0.05) is 5.41 Å². The molecule has 13 heavy (non-hydrogen) atoms. The van der Waals surface area contributed by atoms with Gasteiger partial charge in [-0.15, -0.1) is 0 Å². The summed E-state index contributed by atoms with van der Waals surface area (Å²) in [5.74, 6) is -0.714. The number of hydrogen-bond donors (Lipinski definition) is 1. The van der Waals surface area contributed by atoms with E-state index in [1.807, 2.05) is 13.8 Å². The van der Waals surface area contributed by atoms with Gasteiger partial charge >= 0.3 is 0 Å². The maximum atomic E-state index is 11.0. The molecule has 3 nitrogen and oxygen atoms in total. The van der Waals surface area contributed by atoms with Crippen molar-refractivity contribution < 1.29 is 15.0 Å². The van der Waals surface area contributed by atoms with Crippen LogP contribution < -0.4 is 5.11 Å². The fourth-order valence-electron chi connectivity index (χ4n) is 3.19. The topological polar surface area (TPSA) is 60.4 Å². The molecule has 0 aromatic rings. The van der Waals surface area contributed by atoms with Gasteiger partial charge in [0.05, 0.1) is 12.1 Å². The van der Waals surface area contributed by atoms with Crippen LogP contribution in [0.4, 0.5) is 0 Å². The Morgan fingerprint density at radius 1 is 1.54 bits per heavy atom. The summed E-state index contributed by atoms with van der Waals surface area (Å²) in [6, 6.07) is 0. The van der Waals surface area contributed by atoms with E-state index >= 15 is 0 Å². The lowest BCUT2D eigenvalue weighted by Crippen LogP contribution is -2.51. The quantitative estimate of drug-likeness (QED) is 0.618. The van der Waals surface area contributed by atoms with E-state index < -0.39 is 17.5 Å². The molecule has 0 saturated heterocycles. The third-order valence-corrected chi connectivity index (χ3v) is 4.24. The Balaban J connectivity index is 2.40. The first-order chi connectivity index (χ1) is 5.91. The lowest BCUT2D eigenvalue weighted by molar-refractivity contribution is -0.324. The van der Waals surface area contributed by atoms with Gasteiger partial charge in [0.1, 0.15) is 0 Å². The van der Waals surface area contributed by atoms with Crippen molar-refractivity contribution in [2.24, 2.45) is 16.7 Å². The summed E-state index contributed by atoms with van der Waals surface area (Å²) >= 11 is 0. The lowest BCUT2D eigenvalue weighted by atomic mass is 9.69. The fraction of sp³-hybridized carbons (Fsp3) is 0.900. The molecule has 2 fully saturated rings. The van der Waals surface area contributed by atoms with Crippen molar-refractivity contribution in [2.45, 2.75) is 39.2 Å². The summed E-state index contributed by atoms with van der Waals surface area (Å²) in [4.78, 5) is 11.0. The normalized spacial score (nSPS) is 46.7. The summed E-state index contributed by atoms with van der Waals surface area (Å²) in [6.45, 7) is 3.90. The molecule has 0 aromatic carbocycles. The first-order valence-corrected chi connectivity index (χ1v) is 4.81. The second-order valence-electron chi connectivity index (χ2n) is 5.11. The van der Waals surface area contributed by atoms with Crippen LogP contribution in [0.25, 0.3) is 0 Å². The largest absolute Gasteiger partial charge is 0.549 e. The molecule has 2 aliphatic rings. The molecule has 74 valence electrons. The standard InChI is InChI=1S/C10H16O3/c1-9(2)6-3-4-10(5-6,7(9)11)8(12)13/h6-7,11H,3-5H2,1-2H3,(H,12,13)/p-1. The van der Waals surface area contributed by atoms with Gasteiger partial charge in [0.15, 0.2) is 0 Å². The number of carboxylic acids is 1. The Morgan fingerprint density at radius 3 is 2.46 bits per heavy atom. The van der Waals surface area contributed by atoms with E-state index in [9.17, 15) is 15.0 Å². The van der Waals surface area contributed by atoms with E-state index in [0.717, 1.165) is 6.42 Å². The highest BCUT2D eigenvalue weighted by atomic mass is 16.4. The zero-order chi connectivity index (χ0) is 9.85. The SMILES string of the molecule is CC1(C)C2CCC(C(=O)[O-])(C2)C1O. The smallest absolute Gasteiger partial charge is 0.0702 e. The number of aliphatic hydroxyl groups is 1. The highest BCUT2D eigenvalue weighted by Gasteiger charge is 2.61. The monoisotopic (exact) mass is 183 g/mol. The van der Waals surface area contributed by atoms with E-state index in [1.165, 1.54) is 0 Å². The summed E-state index contributed by atoms with van der Waals surface area (Å²) in [5.41, 5.74) is -1.19. The van der Waals surface area contributed by atoms with Crippen molar-refractivity contribution in [3.8, 4) is 0 Å². The van der Waals surface area contributed by atoms with Gasteiger partial charge in [-0.2, -0.15) is 0 Å². The van der Waals surface area contributed by atoms with Gasteiger partial charge in [-0.25, -0.2) is 0 Å². The number of carboxylic acid groups (broad SMARTS) is 1. The maximum Gasteiger partial charge on any atom is 0.0702 e. The minimum Gasteiger partial charge on any atom is -0.549 e. The number of fused-ring (bicyclic) bond motifs is 2. The van der Waals surface area contributed by atoms with Gasteiger partial charge < -0.3 is 15.0 Å². The fourth-order valence-corrected chi connectivity index (χ4v) is 3.19. The summed E-state index contributed by atoms with van der Waals surface area (Å²) < 4.78 is 0. The first-order valence-electron chi connectivity index (χ1n) is 4.81. The zero-order valence-electron chi connectivity index (χ0n) is 8.04. The average molecular weight is 183 g/mol. The van der Waals surface area contributed by atoms with Crippen LogP contribution in [0.5, 0.6) is 0 Å². The summed E-state index contributed by atoms with van der Waals surface area (Å²) in [6.07, 6.45) is 1.37. The molecular weight excluding hydrogens is 168 g/mol. The van der Waals surface area contributed by atoms with Crippen molar-refractivity contribution in [3.63, 3.8) is 0 Å². The number of carbonyl (C=O) groups is 1. The Bertz CT molecular complexity index is 259. The van der Waals surface area contributed by atoms with Crippen molar-refractivity contribution in [2.75, 3.05) is 0 Å². The van der Waals surface area contributed by atoms with Crippen LogP contribution in [0.15, 0.2) is 0 Å². The molecule has 2 saturated carbocycles. The molecular formula is C10H15O3-. The molecule has 2 bridgehead atoms. The summed E-state index contributed by atoms with van der Waals surface area (Å²) in [5, 5.41) is 21.0. The van der Waals surface area contributed by atoms with Crippen molar-refractivity contribution in [1.82, 2.24) is 0 Å². The molecule has 1 N–H and O–H groups in total. The number of aliphatic hydroxyl groups excluding tert-OH is 1. The molecule has 3 atom stereocenters.